The number of nitrogens with zero attached hydrogens (tertiary/aromatic N) is 3. The molecule has 0 spiro atoms. The number of piperidine rings is 1. The molecule has 94 valence electrons. The van der Waals surface area contributed by atoms with E-state index in [-0.39, 0.29) is 0 Å². The maximum absolute atomic E-state index is 6.21. The molecular formula is C13H20ClN3. The summed E-state index contributed by atoms with van der Waals surface area (Å²) in [6.07, 6.45) is 2.46. The van der Waals surface area contributed by atoms with Crippen LogP contribution in [0.5, 0.6) is 0 Å². The molecule has 3 nitrogen and oxygen atoms in total. The predicted octanol–water partition coefficient (Wildman–Crippen LogP) is 3.37. The van der Waals surface area contributed by atoms with E-state index in [0.29, 0.717) is 10.6 Å². The molecule has 1 aliphatic heterocycles. The van der Waals surface area contributed by atoms with Gasteiger partial charge in [0, 0.05) is 13.1 Å². The Balaban J connectivity index is 2.31. The summed E-state index contributed by atoms with van der Waals surface area (Å²) in [5.41, 5.74) is 2.21. The van der Waals surface area contributed by atoms with Gasteiger partial charge in [0.25, 0.3) is 0 Å². The summed E-state index contributed by atoms with van der Waals surface area (Å²) < 4.78 is 0. The molecule has 0 N–H and O–H groups in total. The first-order valence-electron chi connectivity index (χ1n) is 6.15. The lowest BCUT2D eigenvalue weighted by Gasteiger charge is -2.38. The van der Waals surface area contributed by atoms with Gasteiger partial charge in [-0.1, -0.05) is 25.4 Å². The largest absolute Gasteiger partial charge is 0.354 e. The number of hydrogen-bond acceptors (Lipinski definition) is 3. The minimum Gasteiger partial charge on any atom is -0.354 e. The highest BCUT2D eigenvalue weighted by atomic mass is 35.5. The van der Waals surface area contributed by atoms with Crippen LogP contribution in [0.3, 0.4) is 0 Å². The zero-order chi connectivity index (χ0) is 12.6. The van der Waals surface area contributed by atoms with E-state index in [1.54, 1.807) is 0 Å². The van der Waals surface area contributed by atoms with E-state index < -0.39 is 0 Å². The highest BCUT2D eigenvalue weighted by molar-refractivity contribution is 6.31. The van der Waals surface area contributed by atoms with Gasteiger partial charge in [-0.25, -0.2) is 9.97 Å². The molecule has 0 saturated carbocycles. The van der Waals surface area contributed by atoms with Crippen molar-refractivity contribution < 1.29 is 0 Å². The number of aromatic nitrogens is 2. The molecule has 1 aromatic rings. The van der Waals surface area contributed by atoms with Gasteiger partial charge in [0.1, 0.15) is 0 Å². The van der Waals surface area contributed by atoms with Crippen LogP contribution in [0.1, 0.15) is 38.1 Å². The normalized spacial score (nSPS) is 19.5. The van der Waals surface area contributed by atoms with E-state index in [2.05, 4.69) is 28.7 Å². The molecule has 0 radical (unpaired) electrons. The first-order chi connectivity index (χ1) is 7.89. The SMILES string of the molecule is Cc1nc(Cl)c(N2CCCC(C)(C)C2)nc1C. The Labute approximate surface area is 108 Å². The lowest BCUT2D eigenvalue weighted by Crippen LogP contribution is -2.40. The van der Waals surface area contributed by atoms with Gasteiger partial charge in [-0.2, -0.15) is 0 Å². The molecule has 0 amide bonds. The fraction of sp³-hybridized carbons (Fsp3) is 0.692. The standard InChI is InChI=1S/C13H20ClN3/c1-9-10(2)16-12(11(14)15-9)17-7-5-6-13(3,4)8-17/h5-8H2,1-4H3. The average molecular weight is 254 g/mol. The molecule has 0 atom stereocenters. The lowest BCUT2D eigenvalue weighted by molar-refractivity contribution is 0.292. The third-order valence-corrected chi connectivity index (χ3v) is 3.70. The van der Waals surface area contributed by atoms with Crippen LogP contribution in [0, 0.1) is 19.3 Å². The molecule has 0 aromatic carbocycles. The summed E-state index contributed by atoms with van der Waals surface area (Å²) in [7, 11) is 0. The Morgan fingerprint density at radius 2 is 1.82 bits per heavy atom. The third-order valence-electron chi connectivity index (χ3n) is 3.45. The summed E-state index contributed by atoms with van der Waals surface area (Å²) in [4.78, 5) is 11.2. The zero-order valence-corrected chi connectivity index (χ0v) is 11.8. The van der Waals surface area contributed by atoms with Gasteiger partial charge in [-0.15, -0.1) is 0 Å². The molecule has 4 heteroatoms. The van der Waals surface area contributed by atoms with Gasteiger partial charge < -0.3 is 4.90 Å². The Bertz CT molecular complexity index is 429. The highest BCUT2D eigenvalue weighted by Crippen LogP contribution is 2.33. The van der Waals surface area contributed by atoms with Crippen LogP contribution in [0.25, 0.3) is 0 Å². The molecule has 17 heavy (non-hydrogen) atoms. The average Bonchev–Trinajstić information content (AvgIpc) is 2.22. The number of aryl methyl sites for hydroxylation is 2. The smallest absolute Gasteiger partial charge is 0.171 e. The molecule has 0 unspecified atom stereocenters. The Morgan fingerprint density at radius 1 is 1.18 bits per heavy atom. The number of halogens is 1. The fourth-order valence-corrected chi connectivity index (χ4v) is 2.66. The van der Waals surface area contributed by atoms with Gasteiger partial charge >= 0.3 is 0 Å². The molecule has 1 aliphatic rings. The molecular weight excluding hydrogens is 234 g/mol. The maximum atomic E-state index is 6.21. The Kier molecular flexibility index (Phi) is 3.30. The van der Waals surface area contributed by atoms with Crippen LogP contribution in [0.15, 0.2) is 0 Å². The fourth-order valence-electron chi connectivity index (χ4n) is 2.37. The van der Waals surface area contributed by atoms with Crippen LogP contribution < -0.4 is 4.90 Å². The van der Waals surface area contributed by atoms with E-state index in [1.165, 1.54) is 12.8 Å². The monoisotopic (exact) mass is 253 g/mol. The lowest BCUT2D eigenvalue weighted by atomic mass is 9.84. The molecule has 1 fully saturated rings. The summed E-state index contributed by atoms with van der Waals surface area (Å²) >= 11 is 6.21. The second kappa shape index (κ2) is 4.45. The van der Waals surface area contributed by atoms with Gasteiger partial charge in [0.2, 0.25) is 0 Å². The van der Waals surface area contributed by atoms with E-state index in [4.69, 9.17) is 11.6 Å². The minimum absolute atomic E-state index is 0.335. The van der Waals surface area contributed by atoms with Crippen LogP contribution in [-0.4, -0.2) is 23.1 Å². The number of hydrogen-bond donors (Lipinski definition) is 0. The third kappa shape index (κ3) is 2.71. The quantitative estimate of drug-likeness (QED) is 0.768. The second-order valence-corrected chi connectivity index (χ2v) is 6.06. The topological polar surface area (TPSA) is 29.0 Å². The molecule has 1 saturated heterocycles. The summed E-state index contributed by atoms with van der Waals surface area (Å²) in [6, 6.07) is 0. The molecule has 2 heterocycles. The van der Waals surface area contributed by atoms with E-state index >= 15 is 0 Å². The van der Waals surface area contributed by atoms with E-state index in [1.807, 2.05) is 13.8 Å². The van der Waals surface area contributed by atoms with Crippen molar-refractivity contribution in [2.45, 2.75) is 40.5 Å². The Morgan fingerprint density at radius 3 is 2.47 bits per heavy atom. The predicted molar refractivity (Wildman–Crippen MR) is 71.7 cm³/mol. The Hall–Kier alpha value is -0.830. The first kappa shape index (κ1) is 12.6. The maximum Gasteiger partial charge on any atom is 0.171 e. The summed E-state index contributed by atoms with van der Waals surface area (Å²) in [5, 5.41) is 0.533. The van der Waals surface area contributed by atoms with Crippen molar-refractivity contribution in [1.29, 1.82) is 0 Å². The number of rotatable bonds is 1. The minimum atomic E-state index is 0.335. The zero-order valence-electron chi connectivity index (χ0n) is 11.0. The van der Waals surface area contributed by atoms with Crippen molar-refractivity contribution in [3.8, 4) is 0 Å². The highest BCUT2D eigenvalue weighted by Gasteiger charge is 2.28. The van der Waals surface area contributed by atoms with Crippen molar-refractivity contribution in [2.75, 3.05) is 18.0 Å². The van der Waals surface area contributed by atoms with Gasteiger partial charge in [0.15, 0.2) is 11.0 Å². The van der Waals surface area contributed by atoms with Crippen LogP contribution >= 0.6 is 11.6 Å². The number of anilines is 1. The van der Waals surface area contributed by atoms with Crippen molar-refractivity contribution in [3.63, 3.8) is 0 Å². The van der Waals surface area contributed by atoms with Crippen molar-refractivity contribution in [3.05, 3.63) is 16.5 Å². The molecule has 2 rings (SSSR count). The van der Waals surface area contributed by atoms with Crippen LogP contribution in [0.2, 0.25) is 5.15 Å². The van der Waals surface area contributed by atoms with Gasteiger partial charge in [0.05, 0.1) is 11.4 Å². The van der Waals surface area contributed by atoms with Crippen molar-refractivity contribution in [1.82, 2.24) is 9.97 Å². The second-order valence-electron chi connectivity index (χ2n) is 5.70. The van der Waals surface area contributed by atoms with E-state index in [9.17, 15) is 0 Å². The van der Waals surface area contributed by atoms with Gasteiger partial charge in [-0.05, 0) is 32.1 Å². The van der Waals surface area contributed by atoms with Crippen molar-refractivity contribution >= 4 is 17.4 Å². The molecule has 0 bridgehead atoms. The summed E-state index contributed by atoms with van der Waals surface area (Å²) in [6.45, 7) is 10.5. The van der Waals surface area contributed by atoms with Crippen LogP contribution in [-0.2, 0) is 0 Å². The van der Waals surface area contributed by atoms with Gasteiger partial charge in [-0.3, -0.25) is 0 Å². The van der Waals surface area contributed by atoms with Crippen molar-refractivity contribution in [2.24, 2.45) is 5.41 Å². The molecule has 1 aromatic heterocycles. The first-order valence-corrected chi connectivity index (χ1v) is 6.52. The van der Waals surface area contributed by atoms with Crippen LogP contribution in [0.4, 0.5) is 5.82 Å². The summed E-state index contributed by atoms with van der Waals surface area (Å²) in [5.74, 6) is 0.850. The molecule has 0 aliphatic carbocycles. The van der Waals surface area contributed by atoms with E-state index in [0.717, 1.165) is 30.3 Å².